The molecule has 0 aromatic carbocycles. The van der Waals surface area contributed by atoms with Crippen LogP contribution >= 0.6 is 11.3 Å². The van der Waals surface area contributed by atoms with Crippen LogP contribution in [-0.2, 0) is 23.9 Å². The summed E-state index contributed by atoms with van der Waals surface area (Å²) in [7, 11) is 0. The van der Waals surface area contributed by atoms with Gasteiger partial charge in [0.1, 0.15) is 6.29 Å². The molecule has 1 aromatic rings. The zero-order valence-corrected chi connectivity index (χ0v) is 13.4. The van der Waals surface area contributed by atoms with Crippen molar-refractivity contribution >= 4 is 29.6 Å². The standard InChI is InChI=1S/C15H19NO5S/c1-3-20-13(18)15(14(19)21-4-2)8-10(9-17)12(16-15)11-6-5-7-22-11/h5-7,9-10,12,16H,3-4,8H2,1-2H3/t10-,12-/m1/s1. The van der Waals surface area contributed by atoms with Crippen LogP contribution in [0.1, 0.15) is 31.2 Å². The minimum Gasteiger partial charge on any atom is -0.464 e. The van der Waals surface area contributed by atoms with E-state index in [9.17, 15) is 14.4 Å². The van der Waals surface area contributed by atoms with Gasteiger partial charge in [-0.25, -0.2) is 9.59 Å². The summed E-state index contributed by atoms with van der Waals surface area (Å²) in [5, 5.41) is 4.89. The van der Waals surface area contributed by atoms with Gasteiger partial charge in [-0.15, -0.1) is 11.3 Å². The Labute approximate surface area is 132 Å². The lowest BCUT2D eigenvalue weighted by atomic mass is 9.91. The fraction of sp³-hybridized carbons (Fsp3) is 0.533. The van der Waals surface area contributed by atoms with Crippen molar-refractivity contribution < 1.29 is 23.9 Å². The molecule has 1 aliphatic rings. The van der Waals surface area contributed by atoms with Gasteiger partial charge in [-0.2, -0.15) is 0 Å². The van der Waals surface area contributed by atoms with Gasteiger partial charge in [-0.05, 0) is 31.7 Å². The van der Waals surface area contributed by atoms with Gasteiger partial charge in [0, 0.05) is 10.8 Å². The van der Waals surface area contributed by atoms with Gasteiger partial charge in [-0.3, -0.25) is 5.32 Å². The van der Waals surface area contributed by atoms with E-state index in [0.29, 0.717) is 0 Å². The van der Waals surface area contributed by atoms with Crippen LogP contribution in [0.4, 0.5) is 0 Å². The summed E-state index contributed by atoms with van der Waals surface area (Å²) < 4.78 is 10.1. The number of carbonyl (C=O) groups excluding carboxylic acids is 3. The first-order chi connectivity index (χ1) is 10.6. The van der Waals surface area contributed by atoms with Crippen LogP contribution < -0.4 is 5.32 Å². The third-order valence-electron chi connectivity index (χ3n) is 3.64. The first-order valence-electron chi connectivity index (χ1n) is 7.19. The normalized spacial score (nSPS) is 23.0. The monoisotopic (exact) mass is 325 g/mol. The summed E-state index contributed by atoms with van der Waals surface area (Å²) in [4.78, 5) is 37.0. The first kappa shape index (κ1) is 16.6. The Balaban J connectivity index is 2.36. The molecule has 0 spiro atoms. The van der Waals surface area contributed by atoms with Gasteiger partial charge in [0.15, 0.2) is 0 Å². The number of nitrogens with one attached hydrogen (secondary N) is 1. The average Bonchev–Trinajstić information content (AvgIpc) is 3.15. The van der Waals surface area contributed by atoms with Gasteiger partial charge < -0.3 is 14.3 Å². The molecule has 0 bridgehead atoms. The molecular formula is C15H19NO5S. The van der Waals surface area contributed by atoms with Crippen molar-refractivity contribution in [3.05, 3.63) is 22.4 Å². The van der Waals surface area contributed by atoms with Crippen LogP contribution in [0.25, 0.3) is 0 Å². The SMILES string of the molecule is CCOC(=O)C1(C(=O)OCC)C[C@H](C=O)[C@H](c2cccs2)N1. The molecule has 2 rings (SSSR count). The Morgan fingerprint density at radius 2 is 2.00 bits per heavy atom. The van der Waals surface area contributed by atoms with E-state index in [1.807, 2.05) is 17.5 Å². The number of hydrogen-bond donors (Lipinski definition) is 1. The lowest BCUT2D eigenvalue weighted by Gasteiger charge is -2.25. The van der Waals surface area contributed by atoms with Gasteiger partial charge >= 0.3 is 11.9 Å². The van der Waals surface area contributed by atoms with Crippen molar-refractivity contribution in [1.29, 1.82) is 0 Å². The molecule has 1 saturated heterocycles. The fourth-order valence-corrected chi connectivity index (χ4v) is 3.51. The van der Waals surface area contributed by atoms with Gasteiger partial charge in [0.2, 0.25) is 5.54 Å². The summed E-state index contributed by atoms with van der Waals surface area (Å²) >= 11 is 1.46. The Kier molecular flexibility index (Phi) is 5.31. The molecule has 1 aromatic heterocycles. The molecule has 2 atom stereocenters. The number of rotatable bonds is 6. The second-order valence-corrected chi connectivity index (χ2v) is 5.97. The highest BCUT2D eigenvalue weighted by Gasteiger charge is 2.58. The maximum absolute atomic E-state index is 12.4. The van der Waals surface area contributed by atoms with E-state index in [1.165, 1.54) is 11.3 Å². The van der Waals surface area contributed by atoms with E-state index >= 15 is 0 Å². The molecule has 2 heterocycles. The van der Waals surface area contributed by atoms with Crippen LogP contribution in [0.3, 0.4) is 0 Å². The first-order valence-corrected chi connectivity index (χ1v) is 8.07. The lowest BCUT2D eigenvalue weighted by Crippen LogP contribution is -2.56. The predicted octanol–water partition coefficient (Wildman–Crippen LogP) is 1.46. The maximum atomic E-state index is 12.4. The smallest absolute Gasteiger partial charge is 0.338 e. The molecule has 0 unspecified atom stereocenters. The van der Waals surface area contributed by atoms with E-state index in [2.05, 4.69) is 5.32 Å². The van der Waals surface area contributed by atoms with Gasteiger partial charge in [-0.1, -0.05) is 6.07 Å². The summed E-state index contributed by atoms with van der Waals surface area (Å²) in [6.45, 7) is 3.63. The van der Waals surface area contributed by atoms with E-state index in [-0.39, 0.29) is 19.6 Å². The highest BCUT2D eigenvalue weighted by molar-refractivity contribution is 7.10. The molecule has 0 amide bonds. The number of thiophene rings is 1. The molecule has 1 N–H and O–H groups in total. The average molecular weight is 325 g/mol. The number of ether oxygens (including phenoxy) is 2. The number of aldehydes is 1. The number of carbonyl (C=O) groups is 3. The zero-order valence-electron chi connectivity index (χ0n) is 12.5. The highest BCUT2D eigenvalue weighted by Crippen LogP contribution is 2.40. The van der Waals surface area contributed by atoms with Gasteiger partial charge in [0.05, 0.1) is 19.3 Å². The third-order valence-corrected chi connectivity index (χ3v) is 4.60. The minimum absolute atomic E-state index is 0.0384. The second-order valence-electron chi connectivity index (χ2n) is 4.99. The molecule has 1 fully saturated rings. The molecule has 7 heteroatoms. The van der Waals surface area contributed by atoms with Crippen LogP contribution in [0.2, 0.25) is 0 Å². The van der Waals surface area contributed by atoms with Crippen molar-refractivity contribution in [2.75, 3.05) is 13.2 Å². The zero-order chi connectivity index (χ0) is 16.2. The molecule has 6 nitrogen and oxygen atoms in total. The predicted molar refractivity (Wildman–Crippen MR) is 80.4 cm³/mol. The van der Waals surface area contributed by atoms with Crippen molar-refractivity contribution in [3.63, 3.8) is 0 Å². The summed E-state index contributed by atoms with van der Waals surface area (Å²) in [6.07, 6.45) is 0.814. The highest BCUT2D eigenvalue weighted by atomic mass is 32.1. The Bertz CT molecular complexity index is 524. The molecule has 1 aliphatic heterocycles. The van der Waals surface area contributed by atoms with Crippen LogP contribution in [0.5, 0.6) is 0 Å². The maximum Gasteiger partial charge on any atom is 0.338 e. The Hall–Kier alpha value is -1.73. The largest absolute Gasteiger partial charge is 0.464 e. The molecule has 120 valence electrons. The van der Waals surface area contributed by atoms with Crippen molar-refractivity contribution in [2.24, 2.45) is 5.92 Å². The summed E-state index contributed by atoms with van der Waals surface area (Å²) in [5.41, 5.74) is -1.62. The Morgan fingerprint density at radius 1 is 1.36 bits per heavy atom. The van der Waals surface area contributed by atoms with E-state index in [1.54, 1.807) is 13.8 Å². The van der Waals surface area contributed by atoms with Crippen molar-refractivity contribution in [2.45, 2.75) is 31.8 Å². The second kappa shape index (κ2) is 7.02. The lowest BCUT2D eigenvalue weighted by molar-refractivity contribution is -0.165. The van der Waals surface area contributed by atoms with Crippen LogP contribution in [0, 0.1) is 5.92 Å². The molecule has 0 saturated carbocycles. The minimum atomic E-state index is -1.62. The number of esters is 2. The van der Waals surface area contributed by atoms with E-state index < -0.39 is 29.4 Å². The van der Waals surface area contributed by atoms with Crippen molar-refractivity contribution in [1.82, 2.24) is 5.32 Å². The van der Waals surface area contributed by atoms with Crippen molar-refractivity contribution in [3.8, 4) is 0 Å². The van der Waals surface area contributed by atoms with Gasteiger partial charge in [0.25, 0.3) is 0 Å². The number of hydrogen-bond acceptors (Lipinski definition) is 7. The summed E-state index contributed by atoms with van der Waals surface area (Å²) in [6, 6.07) is 3.33. The third kappa shape index (κ3) is 2.91. The molecule has 22 heavy (non-hydrogen) atoms. The molecule has 0 aliphatic carbocycles. The summed E-state index contributed by atoms with van der Waals surface area (Å²) in [5.74, 6) is -1.88. The topological polar surface area (TPSA) is 81.7 Å². The quantitative estimate of drug-likeness (QED) is 0.484. The van der Waals surface area contributed by atoms with Crippen LogP contribution in [0.15, 0.2) is 17.5 Å². The van der Waals surface area contributed by atoms with Crippen LogP contribution in [-0.4, -0.2) is 37.0 Å². The van der Waals surface area contributed by atoms with E-state index in [0.717, 1.165) is 11.2 Å². The molecule has 0 radical (unpaired) electrons. The molecular weight excluding hydrogens is 306 g/mol. The fourth-order valence-electron chi connectivity index (χ4n) is 2.66. The van der Waals surface area contributed by atoms with E-state index in [4.69, 9.17) is 9.47 Å². The Morgan fingerprint density at radius 3 is 2.45 bits per heavy atom.